The van der Waals surface area contributed by atoms with Crippen LogP contribution in [0, 0.1) is 16.2 Å². The van der Waals surface area contributed by atoms with Crippen molar-refractivity contribution in [1.82, 2.24) is 0 Å². The van der Waals surface area contributed by atoms with Gasteiger partial charge in [-0.15, -0.1) is 0 Å². The van der Waals surface area contributed by atoms with Crippen molar-refractivity contribution in [2.24, 2.45) is 16.2 Å². The van der Waals surface area contributed by atoms with E-state index in [0.29, 0.717) is 18.2 Å². The van der Waals surface area contributed by atoms with E-state index in [-0.39, 0.29) is 23.2 Å². The van der Waals surface area contributed by atoms with Crippen LogP contribution in [0.25, 0.3) is 10.8 Å². The maximum atomic E-state index is 13.8. The number of fused-ring (bicyclic) bond motifs is 3. The Balaban J connectivity index is 1.82. The minimum atomic E-state index is -1.00. The molecule has 0 spiro atoms. The lowest BCUT2D eigenvalue weighted by Gasteiger charge is -2.38. The van der Waals surface area contributed by atoms with E-state index in [1.807, 2.05) is 51.1 Å². The fourth-order valence-corrected chi connectivity index (χ4v) is 6.87. The van der Waals surface area contributed by atoms with Crippen molar-refractivity contribution in [2.45, 2.75) is 58.4 Å². The smallest absolute Gasteiger partial charge is 0.342 e. The Hall–Kier alpha value is -2.21. The Morgan fingerprint density at radius 2 is 1.74 bits per heavy atom. The molecule has 2 aliphatic rings. The largest absolute Gasteiger partial charge is 0.459 e. The number of ketones is 1. The fourth-order valence-electron chi connectivity index (χ4n) is 5.38. The first-order chi connectivity index (χ1) is 14.5. The van der Waals surface area contributed by atoms with Crippen LogP contribution in [0.3, 0.4) is 0 Å². The molecule has 0 amide bonds. The van der Waals surface area contributed by atoms with Gasteiger partial charge in [-0.25, -0.2) is 4.79 Å². The van der Waals surface area contributed by atoms with Crippen molar-refractivity contribution in [3.8, 4) is 5.75 Å². The number of benzene rings is 2. The number of esters is 2. The predicted molar refractivity (Wildman–Crippen MR) is 121 cm³/mol. The van der Waals surface area contributed by atoms with Crippen molar-refractivity contribution in [1.29, 1.82) is 0 Å². The van der Waals surface area contributed by atoms with Crippen LogP contribution >= 0.6 is 15.9 Å². The first-order valence-corrected chi connectivity index (χ1v) is 11.5. The molecule has 2 aromatic carbocycles. The minimum absolute atomic E-state index is 0.0399. The summed E-state index contributed by atoms with van der Waals surface area (Å²) in [5, 5.41) is 1.50. The summed E-state index contributed by atoms with van der Waals surface area (Å²) in [6.07, 6.45) is 0.872. The lowest BCUT2D eigenvalue weighted by atomic mass is 9.65. The Morgan fingerprint density at radius 1 is 1.06 bits per heavy atom. The van der Waals surface area contributed by atoms with E-state index in [1.54, 1.807) is 19.9 Å². The molecule has 4 rings (SSSR count). The average molecular weight is 487 g/mol. The third-order valence-electron chi connectivity index (χ3n) is 7.72. The highest BCUT2D eigenvalue weighted by Crippen LogP contribution is 2.72. The molecule has 3 atom stereocenters. The number of ether oxygens (including phenoxy) is 2. The topological polar surface area (TPSA) is 69.7 Å². The number of carbonyl (C=O) groups excluding carboxylic acids is 3. The second-order valence-corrected chi connectivity index (χ2v) is 10.6. The van der Waals surface area contributed by atoms with Crippen molar-refractivity contribution in [3.63, 3.8) is 0 Å². The van der Waals surface area contributed by atoms with Gasteiger partial charge in [0.15, 0.2) is 11.5 Å². The Morgan fingerprint density at radius 3 is 2.35 bits per heavy atom. The predicted octanol–water partition coefficient (Wildman–Crippen LogP) is 5.47. The zero-order valence-electron chi connectivity index (χ0n) is 18.5. The van der Waals surface area contributed by atoms with Crippen LogP contribution in [-0.4, -0.2) is 28.7 Å². The third kappa shape index (κ3) is 2.83. The number of Topliss-reactive ketones (excluding diaryl/α,β-unsaturated/α-hetero) is 1. The van der Waals surface area contributed by atoms with E-state index in [2.05, 4.69) is 15.9 Å². The SMILES string of the molecule is CC(C)OC(=O)c1ccc2ccccc2c1OC(=O)C12CCC(C)(C(=O)C1Br)C2(C)C. The minimum Gasteiger partial charge on any atom is -0.459 e. The van der Waals surface area contributed by atoms with Crippen LogP contribution in [0.15, 0.2) is 36.4 Å². The lowest BCUT2D eigenvalue weighted by Crippen LogP contribution is -2.47. The third-order valence-corrected chi connectivity index (χ3v) is 8.92. The van der Waals surface area contributed by atoms with Crippen molar-refractivity contribution >= 4 is 44.4 Å². The van der Waals surface area contributed by atoms with Crippen LogP contribution in [0.2, 0.25) is 0 Å². The zero-order chi connectivity index (χ0) is 22.8. The van der Waals surface area contributed by atoms with Gasteiger partial charge in [-0.2, -0.15) is 0 Å². The van der Waals surface area contributed by atoms with E-state index in [1.165, 1.54) is 0 Å². The van der Waals surface area contributed by atoms with Crippen LogP contribution in [0.5, 0.6) is 5.75 Å². The zero-order valence-corrected chi connectivity index (χ0v) is 20.0. The van der Waals surface area contributed by atoms with Gasteiger partial charge in [-0.3, -0.25) is 9.59 Å². The van der Waals surface area contributed by atoms with Crippen molar-refractivity contribution < 1.29 is 23.9 Å². The summed E-state index contributed by atoms with van der Waals surface area (Å²) in [5.74, 6) is -0.803. The maximum Gasteiger partial charge on any atom is 0.342 e. The molecule has 0 aliphatic heterocycles. The van der Waals surface area contributed by atoms with Gasteiger partial charge in [0.05, 0.1) is 16.3 Å². The van der Waals surface area contributed by atoms with E-state index in [0.717, 1.165) is 5.39 Å². The molecule has 0 aromatic heterocycles. The number of carbonyl (C=O) groups is 3. The Bertz CT molecular complexity index is 1100. The second-order valence-electron chi connectivity index (χ2n) is 9.66. The Kier molecular flexibility index (Phi) is 5.08. The number of alkyl halides is 1. The molecule has 0 heterocycles. The highest BCUT2D eigenvalue weighted by Gasteiger charge is 2.77. The molecule has 6 heteroatoms. The summed E-state index contributed by atoms with van der Waals surface area (Å²) in [6, 6.07) is 10.9. The summed E-state index contributed by atoms with van der Waals surface area (Å²) in [4.78, 5) is 39.0. The molecule has 3 unspecified atom stereocenters. The van der Waals surface area contributed by atoms with E-state index in [4.69, 9.17) is 9.47 Å². The number of hydrogen-bond acceptors (Lipinski definition) is 5. The molecule has 2 saturated carbocycles. The van der Waals surface area contributed by atoms with Gasteiger partial charge in [0.1, 0.15) is 5.56 Å². The molecule has 0 N–H and O–H groups in total. The van der Waals surface area contributed by atoms with Crippen LogP contribution in [0.1, 0.15) is 57.8 Å². The van der Waals surface area contributed by atoms with E-state index >= 15 is 0 Å². The molecule has 5 nitrogen and oxygen atoms in total. The van der Waals surface area contributed by atoms with Gasteiger partial charge in [-0.1, -0.05) is 67.0 Å². The van der Waals surface area contributed by atoms with E-state index in [9.17, 15) is 14.4 Å². The number of hydrogen-bond donors (Lipinski definition) is 0. The van der Waals surface area contributed by atoms with Crippen LogP contribution < -0.4 is 4.74 Å². The summed E-state index contributed by atoms with van der Waals surface area (Å²) >= 11 is 3.53. The molecular weight excluding hydrogens is 460 g/mol. The second kappa shape index (κ2) is 7.16. The highest BCUT2D eigenvalue weighted by molar-refractivity contribution is 9.10. The molecule has 2 aromatic rings. The van der Waals surface area contributed by atoms with Gasteiger partial charge in [0.25, 0.3) is 0 Å². The van der Waals surface area contributed by atoms with Gasteiger partial charge >= 0.3 is 11.9 Å². The summed E-state index contributed by atoms with van der Waals surface area (Å²) in [5.41, 5.74) is -2.00. The maximum absolute atomic E-state index is 13.8. The van der Waals surface area contributed by atoms with Crippen molar-refractivity contribution in [3.05, 3.63) is 42.0 Å². The lowest BCUT2D eigenvalue weighted by molar-refractivity contribution is -0.150. The number of halogens is 1. The first-order valence-electron chi connectivity index (χ1n) is 10.6. The molecule has 164 valence electrons. The summed E-state index contributed by atoms with van der Waals surface area (Å²) in [7, 11) is 0. The number of rotatable bonds is 4. The Labute approximate surface area is 190 Å². The fraction of sp³-hybridized carbons (Fsp3) is 0.480. The van der Waals surface area contributed by atoms with E-state index < -0.39 is 33.0 Å². The molecular formula is C25H27BrO5. The molecule has 2 aliphatic carbocycles. The normalized spacial score (nSPS) is 28.9. The van der Waals surface area contributed by atoms with Gasteiger partial charge in [0.2, 0.25) is 0 Å². The average Bonchev–Trinajstić information content (AvgIpc) is 2.99. The monoisotopic (exact) mass is 486 g/mol. The molecule has 31 heavy (non-hydrogen) atoms. The molecule has 0 saturated heterocycles. The molecule has 2 fully saturated rings. The molecule has 0 radical (unpaired) electrons. The van der Waals surface area contributed by atoms with Crippen LogP contribution in [0.4, 0.5) is 0 Å². The standard InChI is InChI=1S/C25H27BrO5/c1-14(2)30-21(28)17-11-10-15-8-6-7-9-16(15)18(17)31-22(29)25-13-12-24(5,23(25,3)4)20(27)19(25)26/h6-11,14,19H,12-13H2,1-5H3. The van der Waals surface area contributed by atoms with Gasteiger partial charge in [-0.05, 0) is 43.6 Å². The molecule has 2 bridgehead atoms. The first kappa shape index (κ1) is 22.0. The highest BCUT2D eigenvalue weighted by atomic mass is 79.9. The van der Waals surface area contributed by atoms with Gasteiger partial charge < -0.3 is 9.47 Å². The van der Waals surface area contributed by atoms with Crippen molar-refractivity contribution in [2.75, 3.05) is 0 Å². The van der Waals surface area contributed by atoms with Gasteiger partial charge in [0, 0.05) is 10.8 Å². The van der Waals surface area contributed by atoms with Crippen LogP contribution in [-0.2, 0) is 14.3 Å². The summed E-state index contributed by atoms with van der Waals surface area (Å²) < 4.78 is 11.4. The quantitative estimate of drug-likeness (QED) is 0.325. The summed E-state index contributed by atoms with van der Waals surface area (Å²) in [6.45, 7) is 9.42.